The molecule has 0 spiro atoms. The molecule has 6 heteroatoms. The van der Waals surface area contributed by atoms with Crippen LogP contribution in [0.5, 0.6) is 0 Å². The van der Waals surface area contributed by atoms with Gasteiger partial charge in [-0.3, -0.25) is 14.9 Å². The van der Waals surface area contributed by atoms with E-state index in [9.17, 15) is 14.9 Å². The molecule has 136 valence electrons. The molecule has 1 fully saturated rings. The molecule has 0 bridgehead atoms. The number of carbonyl (C=O) groups is 1. The van der Waals surface area contributed by atoms with E-state index in [4.69, 9.17) is 0 Å². The molecule has 1 aliphatic heterocycles. The lowest BCUT2D eigenvalue weighted by molar-refractivity contribution is -0.384. The summed E-state index contributed by atoms with van der Waals surface area (Å²) < 4.78 is 0. The maximum Gasteiger partial charge on any atom is 0.292 e. The van der Waals surface area contributed by atoms with Crippen molar-refractivity contribution >= 4 is 17.3 Å². The number of nitro benzene ring substituents is 1. The van der Waals surface area contributed by atoms with Crippen molar-refractivity contribution in [1.82, 2.24) is 4.90 Å². The van der Waals surface area contributed by atoms with Crippen LogP contribution in [0.4, 0.5) is 11.4 Å². The van der Waals surface area contributed by atoms with E-state index in [-0.39, 0.29) is 16.5 Å². The van der Waals surface area contributed by atoms with Crippen molar-refractivity contribution in [3.63, 3.8) is 0 Å². The van der Waals surface area contributed by atoms with Gasteiger partial charge in [-0.15, -0.1) is 0 Å². The van der Waals surface area contributed by atoms with Gasteiger partial charge in [0, 0.05) is 38.7 Å². The largest absolute Gasteiger partial charge is 0.362 e. The minimum absolute atomic E-state index is 0.117. The van der Waals surface area contributed by atoms with Gasteiger partial charge in [-0.05, 0) is 25.0 Å². The summed E-state index contributed by atoms with van der Waals surface area (Å²) in [5.74, 6) is 0.147. The van der Waals surface area contributed by atoms with Crippen LogP contribution < -0.4 is 4.90 Å². The Hall–Kier alpha value is -2.89. The van der Waals surface area contributed by atoms with Gasteiger partial charge in [0.25, 0.3) is 5.69 Å². The molecule has 1 aliphatic rings. The molecule has 2 aromatic carbocycles. The van der Waals surface area contributed by atoms with E-state index in [1.54, 1.807) is 12.1 Å². The van der Waals surface area contributed by atoms with Crippen molar-refractivity contribution in [2.24, 2.45) is 0 Å². The maximum absolute atomic E-state index is 12.5. The maximum atomic E-state index is 12.5. The summed E-state index contributed by atoms with van der Waals surface area (Å²) in [7, 11) is 0. The summed E-state index contributed by atoms with van der Waals surface area (Å²) in [4.78, 5) is 27.2. The quantitative estimate of drug-likeness (QED) is 0.612. The van der Waals surface area contributed by atoms with Crippen LogP contribution in [0.1, 0.15) is 17.5 Å². The zero-order chi connectivity index (χ0) is 18.5. The molecule has 1 heterocycles. The van der Waals surface area contributed by atoms with Gasteiger partial charge in [0.15, 0.2) is 0 Å². The Labute approximate surface area is 153 Å². The van der Waals surface area contributed by atoms with Gasteiger partial charge in [0.1, 0.15) is 5.69 Å². The zero-order valence-corrected chi connectivity index (χ0v) is 14.9. The molecule has 0 aliphatic carbocycles. The number of nitro groups is 1. The Morgan fingerprint density at radius 1 is 1.08 bits per heavy atom. The molecule has 0 aromatic heterocycles. The van der Waals surface area contributed by atoms with E-state index >= 15 is 0 Å². The van der Waals surface area contributed by atoms with Crippen molar-refractivity contribution in [3.05, 3.63) is 69.8 Å². The van der Waals surface area contributed by atoms with Gasteiger partial charge in [-0.1, -0.05) is 42.0 Å². The third kappa shape index (κ3) is 4.20. The summed E-state index contributed by atoms with van der Waals surface area (Å²) in [6.07, 6.45) is 1.24. The van der Waals surface area contributed by atoms with Gasteiger partial charge in [-0.2, -0.15) is 0 Å². The highest BCUT2D eigenvalue weighted by Crippen LogP contribution is 2.28. The van der Waals surface area contributed by atoms with Crippen molar-refractivity contribution in [2.75, 3.05) is 31.1 Å². The van der Waals surface area contributed by atoms with Crippen LogP contribution in [0, 0.1) is 17.0 Å². The van der Waals surface area contributed by atoms with Crippen molar-refractivity contribution < 1.29 is 9.72 Å². The minimum Gasteiger partial charge on any atom is -0.362 e. The zero-order valence-electron chi connectivity index (χ0n) is 14.9. The Morgan fingerprint density at radius 2 is 1.81 bits per heavy atom. The highest BCUT2D eigenvalue weighted by Gasteiger charge is 2.25. The van der Waals surface area contributed by atoms with Gasteiger partial charge in [0.2, 0.25) is 5.91 Å². The summed E-state index contributed by atoms with van der Waals surface area (Å²) in [6, 6.07) is 15.0. The molecule has 0 atom stereocenters. The highest BCUT2D eigenvalue weighted by atomic mass is 16.6. The standard InChI is InChI=1S/C20H23N3O3/c1-16-5-4-6-17(15-16)9-10-20(24)22-13-11-21(12-14-22)18-7-2-3-8-19(18)23(25)26/h2-8,15H,9-14H2,1H3. The fraction of sp³-hybridized carbons (Fsp3) is 0.350. The Bertz CT molecular complexity index is 798. The first-order chi connectivity index (χ1) is 12.5. The van der Waals surface area contributed by atoms with Crippen LogP contribution in [-0.2, 0) is 11.2 Å². The van der Waals surface area contributed by atoms with Crippen LogP contribution >= 0.6 is 0 Å². The molecular weight excluding hydrogens is 330 g/mol. The average Bonchev–Trinajstić information content (AvgIpc) is 2.66. The number of carbonyl (C=O) groups excluding carboxylic acids is 1. The van der Waals surface area contributed by atoms with E-state index < -0.39 is 0 Å². The first-order valence-corrected chi connectivity index (χ1v) is 8.86. The van der Waals surface area contributed by atoms with E-state index in [2.05, 4.69) is 6.07 Å². The monoisotopic (exact) mass is 353 g/mol. The second-order valence-corrected chi connectivity index (χ2v) is 6.60. The minimum atomic E-state index is -0.352. The van der Waals surface area contributed by atoms with Gasteiger partial charge in [0.05, 0.1) is 4.92 Å². The molecule has 0 N–H and O–H groups in total. The number of nitrogens with zero attached hydrogens (tertiary/aromatic N) is 3. The Kier molecular flexibility index (Phi) is 5.51. The highest BCUT2D eigenvalue weighted by molar-refractivity contribution is 5.77. The van der Waals surface area contributed by atoms with Gasteiger partial charge < -0.3 is 9.80 Å². The summed E-state index contributed by atoms with van der Waals surface area (Å²) in [5, 5.41) is 11.2. The number of amides is 1. The molecule has 3 rings (SSSR count). The molecular formula is C20H23N3O3. The lowest BCUT2D eigenvalue weighted by atomic mass is 10.1. The van der Waals surface area contributed by atoms with Crippen molar-refractivity contribution in [2.45, 2.75) is 19.8 Å². The number of hydrogen-bond donors (Lipinski definition) is 0. The van der Waals surface area contributed by atoms with Crippen LogP contribution in [-0.4, -0.2) is 41.9 Å². The number of para-hydroxylation sites is 2. The molecule has 1 amide bonds. The molecule has 0 saturated carbocycles. The second kappa shape index (κ2) is 7.99. The average molecular weight is 353 g/mol. The predicted molar refractivity (Wildman–Crippen MR) is 101 cm³/mol. The second-order valence-electron chi connectivity index (χ2n) is 6.60. The summed E-state index contributed by atoms with van der Waals surface area (Å²) in [5.41, 5.74) is 3.13. The van der Waals surface area contributed by atoms with E-state index in [0.29, 0.717) is 38.3 Å². The number of benzene rings is 2. The van der Waals surface area contributed by atoms with Crippen LogP contribution in [0.2, 0.25) is 0 Å². The fourth-order valence-electron chi connectivity index (χ4n) is 3.36. The molecule has 0 radical (unpaired) electrons. The normalized spacial score (nSPS) is 14.3. The Morgan fingerprint density at radius 3 is 2.50 bits per heavy atom. The van der Waals surface area contributed by atoms with Crippen molar-refractivity contribution in [1.29, 1.82) is 0 Å². The number of anilines is 1. The first-order valence-electron chi connectivity index (χ1n) is 8.86. The Balaban J connectivity index is 1.55. The van der Waals surface area contributed by atoms with Crippen LogP contribution in [0.3, 0.4) is 0 Å². The lowest BCUT2D eigenvalue weighted by Gasteiger charge is -2.35. The molecule has 0 unspecified atom stereocenters. The van der Waals surface area contributed by atoms with Gasteiger partial charge >= 0.3 is 0 Å². The smallest absolute Gasteiger partial charge is 0.292 e. The summed E-state index contributed by atoms with van der Waals surface area (Å²) >= 11 is 0. The van der Waals surface area contributed by atoms with E-state index in [1.807, 2.05) is 41.0 Å². The van der Waals surface area contributed by atoms with Crippen LogP contribution in [0.25, 0.3) is 0 Å². The molecule has 1 saturated heterocycles. The lowest BCUT2D eigenvalue weighted by Crippen LogP contribution is -2.49. The topological polar surface area (TPSA) is 66.7 Å². The van der Waals surface area contributed by atoms with Gasteiger partial charge in [-0.25, -0.2) is 0 Å². The number of piperazine rings is 1. The van der Waals surface area contributed by atoms with Crippen LogP contribution in [0.15, 0.2) is 48.5 Å². The number of hydrogen-bond acceptors (Lipinski definition) is 4. The van der Waals surface area contributed by atoms with E-state index in [1.165, 1.54) is 17.2 Å². The fourth-order valence-corrected chi connectivity index (χ4v) is 3.36. The number of rotatable bonds is 5. The predicted octanol–water partition coefficient (Wildman–Crippen LogP) is 3.18. The first kappa shape index (κ1) is 17.9. The molecule has 26 heavy (non-hydrogen) atoms. The third-order valence-electron chi connectivity index (χ3n) is 4.76. The van der Waals surface area contributed by atoms with Crippen molar-refractivity contribution in [3.8, 4) is 0 Å². The third-order valence-corrected chi connectivity index (χ3v) is 4.76. The summed E-state index contributed by atoms with van der Waals surface area (Å²) in [6.45, 7) is 4.47. The SMILES string of the molecule is Cc1cccc(CCC(=O)N2CCN(c3ccccc3[N+](=O)[O-])CC2)c1. The molecule has 2 aromatic rings. The number of aryl methyl sites for hydroxylation is 2. The molecule has 6 nitrogen and oxygen atoms in total. The van der Waals surface area contributed by atoms with E-state index in [0.717, 1.165) is 6.42 Å².